The number of ether oxygens (including phenoxy) is 2. The highest BCUT2D eigenvalue weighted by atomic mass is 79.9. The number of piperidine rings is 1. The highest BCUT2D eigenvalue weighted by molar-refractivity contribution is 9.10. The molecule has 2 aromatic carbocycles. The van der Waals surface area contributed by atoms with Gasteiger partial charge in [0.05, 0.1) is 0 Å². The summed E-state index contributed by atoms with van der Waals surface area (Å²) in [7, 11) is 2.15. The second-order valence-corrected chi connectivity index (χ2v) is 8.98. The molecule has 7 heteroatoms. The van der Waals surface area contributed by atoms with Crippen LogP contribution >= 0.6 is 15.9 Å². The lowest BCUT2D eigenvalue weighted by Crippen LogP contribution is -2.55. The van der Waals surface area contributed by atoms with Crippen molar-refractivity contribution >= 4 is 21.6 Å². The minimum Gasteiger partial charge on any atom is -0.508 e. The van der Waals surface area contributed by atoms with E-state index < -0.39 is 0 Å². The van der Waals surface area contributed by atoms with Crippen molar-refractivity contribution in [3.8, 4) is 17.2 Å². The molecule has 1 saturated heterocycles. The van der Waals surface area contributed by atoms with E-state index in [1.165, 1.54) is 0 Å². The van der Waals surface area contributed by atoms with Gasteiger partial charge in [-0.2, -0.15) is 0 Å². The number of halogens is 1. The number of nitrogens with zero attached hydrogens (tertiary/aromatic N) is 2. The minimum atomic E-state index is -0.324. The average molecular weight is 458 g/mol. The maximum atomic E-state index is 10.6. The molecule has 1 unspecified atom stereocenters. The van der Waals surface area contributed by atoms with E-state index in [1.54, 1.807) is 6.07 Å². The summed E-state index contributed by atoms with van der Waals surface area (Å²) in [5, 5.41) is 14.3. The Hall–Kier alpha value is -2.09. The number of phenolic OH excluding ortho intramolecular Hbond substituents is 1. The van der Waals surface area contributed by atoms with E-state index in [4.69, 9.17) is 14.5 Å². The SMILES string of the molecule is CN1CCC2(CC1)N=C(c1ccc3c(c1)OCO3)CC(c1cc(Br)ccc1O)N2. The Morgan fingerprint density at radius 2 is 1.93 bits per heavy atom. The van der Waals surface area contributed by atoms with E-state index in [9.17, 15) is 5.11 Å². The number of hydrogen-bond acceptors (Lipinski definition) is 6. The lowest BCUT2D eigenvalue weighted by molar-refractivity contribution is 0.144. The number of phenols is 1. The molecule has 2 aromatic rings. The van der Waals surface area contributed by atoms with Crippen molar-refractivity contribution in [2.45, 2.75) is 31.0 Å². The molecule has 0 bridgehead atoms. The van der Waals surface area contributed by atoms with Crippen molar-refractivity contribution in [1.82, 2.24) is 10.2 Å². The lowest BCUT2D eigenvalue weighted by atomic mass is 9.87. The average Bonchev–Trinajstić information content (AvgIpc) is 3.20. The van der Waals surface area contributed by atoms with E-state index in [-0.39, 0.29) is 18.5 Å². The molecule has 152 valence electrons. The first kappa shape index (κ1) is 18.9. The van der Waals surface area contributed by atoms with Crippen LogP contribution in [0.25, 0.3) is 0 Å². The minimum absolute atomic E-state index is 0.0196. The molecule has 0 amide bonds. The number of fused-ring (bicyclic) bond motifs is 1. The van der Waals surface area contributed by atoms with Gasteiger partial charge in [-0.3, -0.25) is 10.3 Å². The van der Waals surface area contributed by atoms with Crippen LogP contribution in [0.1, 0.15) is 36.4 Å². The monoisotopic (exact) mass is 457 g/mol. The maximum Gasteiger partial charge on any atom is 0.231 e. The smallest absolute Gasteiger partial charge is 0.231 e. The summed E-state index contributed by atoms with van der Waals surface area (Å²) < 4.78 is 12.0. The van der Waals surface area contributed by atoms with Crippen molar-refractivity contribution in [3.63, 3.8) is 0 Å². The van der Waals surface area contributed by atoms with Crippen molar-refractivity contribution < 1.29 is 14.6 Å². The van der Waals surface area contributed by atoms with Crippen LogP contribution in [0.3, 0.4) is 0 Å². The second-order valence-electron chi connectivity index (χ2n) is 8.07. The van der Waals surface area contributed by atoms with Crippen LogP contribution in [-0.2, 0) is 0 Å². The molecular formula is C22H24BrN3O3. The molecule has 3 aliphatic heterocycles. The first-order valence-electron chi connectivity index (χ1n) is 9.95. The molecule has 0 aromatic heterocycles. The van der Waals surface area contributed by atoms with E-state index in [1.807, 2.05) is 24.3 Å². The number of aromatic hydroxyl groups is 1. The van der Waals surface area contributed by atoms with Crippen molar-refractivity contribution in [2.75, 3.05) is 26.9 Å². The van der Waals surface area contributed by atoms with Crippen molar-refractivity contribution in [1.29, 1.82) is 0 Å². The lowest BCUT2D eigenvalue weighted by Gasteiger charge is -2.44. The van der Waals surface area contributed by atoms with Crippen LogP contribution in [-0.4, -0.2) is 48.3 Å². The normalized spacial score (nSPS) is 23.2. The summed E-state index contributed by atoms with van der Waals surface area (Å²) in [6.45, 7) is 2.24. The first-order valence-corrected chi connectivity index (χ1v) is 10.7. The van der Waals surface area contributed by atoms with Gasteiger partial charge in [0.2, 0.25) is 6.79 Å². The van der Waals surface area contributed by atoms with Crippen LogP contribution in [0.15, 0.2) is 45.9 Å². The van der Waals surface area contributed by atoms with Crippen LogP contribution in [0, 0.1) is 0 Å². The van der Waals surface area contributed by atoms with Crippen molar-refractivity contribution in [3.05, 3.63) is 52.0 Å². The Balaban J connectivity index is 1.55. The summed E-state index contributed by atoms with van der Waals surface area (Å²) >= 11 is 3.55. The zero-order chi connectivity index (χ0) is 20.0. The molecule has 0 radical (unpaired) electrons. The zero-order valence-electron chi connectivity index (χ0n) is 16.3. The van der Waals surface area contributed by atoms with E-state index in [2.05, 4.69) is 39.3 Å². The zero-order valence-corrected chi connectivity index (χ0v) is 17.9. The number of benzene rings is 2. The van der Waals surface area contributed by atoms with Gasteiger partial charge in [0, 0.05) is 41.3 Å². The topological polar surface area (TPSA) is 66.3 Å². The van der Waals surface area contributed by atoms with Gasteiger partial charge in [-0.1, -0.05) is 15.9 Å². The molecule has 29 heavy (non-hydrogen) atoms. The predicted molar refractivity (Wildman–Crippen MR) is 115 cm³/mol. The molecule has 3 aliphatic rings. The Morgan fingerprint density at radius 1 is 1.14 bits per heavy atom. The fraction of sp³-hybridized carbons (Fsp3) is 0.409. The molecule has 5 rings (SSSR count). The number of likely N-dealkylation sites (tertiary alicyclic amines) is 1. The molecule has 1 fully saturated rings. The molecular weight excluding hydrogens is 434 g/mol. The third-order valence-electron chi connectivity index (χ3n) is 6.07. The number of nitrogens with one attached hydrogen (secondary N) is 1. The van der Waals surface area contributed by atoms with Gasteiger partial charge in [0.15, 0.2) is 11.5 Å². The summed E-state index contributed by atoms with van der Waals surface area (Å²) in [4.78, 5) is 7.56. The van der Waals surface area contributed by atoms with E-state index in [0.717, 1.165) is 58.7 Å². The maximum absolute atomic E-state index is 10.6. The molecule has 2 N–H and O–H groups in total. The molecule has 0 saturated carbocycles. The Kier molecular flexibility index (Phi) is 4.76. The summed E-state index contributed by atoms with van der Waals surface area (Å²) in [5.74, 6) is 1.85. The highest BCUT2D eigenvalue weighted by Crippen LogP contribution is 2.40. The van der Waals surface area contributed by atoms with Crippen LogP contribution in [0.4, 0.5) is 0 Å². The van der Waals surface area contributed by atoms with E-state index in [0.29, 0.717) is 12.2 Å². The van der Waals surface area contributed by atoms with E-state index >= 15 is 0 Å². The molecule has 3 heterocycles. The molecule has 6 nitrogen and oxygen atoms in total. The summed E-state index contributed by atoms with van der Waals surface area (Å²) in [5.41, 5.74) is 2.66. The van der Waals surface area contributed by atoms with Crippen LogP contribution < -0.4 is 14.8 Å². The standard InChI is InChI=1S/C22H24BrN3O3/c1-26-8-6-22(7-9-26)24-17(14-2-5-20-21(10-14)29-13-28-20)12-18(25-22)16-11-15(23)3-4-19(16)27/h2-5,10-11,18,25,27H,6-9,12-13H2,1H3. The second kappa shape index (κ2) is 7.31. The largest absolute Gasteiger partial charge is 0.508 e. The van der Waals surface area contributed by atoms with Gasteiger partial charge in [-0.05, 0) is 61.9 Å². The van der Waals surface area contributed by atoms with Gasteiger partial charge in [0.1, 0.15) is 11.4 Å². The van der Waals surface area contributed by atoms with Gasteiger partial charge >= 0.3 is 0 Å². The fourth-order valence-corrected chi connectivity index (χ4v) is 4.78. The van der Waals surface area contributed by atoms with Crippen molar-refractivity contribution in [2.24, 2.45) is 4.99 Å². The molecule has 1 spiro atoms. The Morgan fingerprint density at radius 3 is 2.76 bits per heavy atom. The Labute approximate surface area is 178 Å². The quantitative estimate of drug-likeness (QED) is 0.717. The Bertz CT molecular complexity index is 970. The predicted octanol–water partition coefficient (Wildman–Crippen LogP) is 3.83. The summed E-state index contributed by atoms with van der Waals surface area (Å²) in [6.07, 6.45) is 2.56. The van der Waals surface area contributed by atoms with Crippen LogP contribution in [0.2, 0.25) is 0 Å². The van der Waals surface area contributed by atoms with Gasteiger partial charge in [0.25, 0.3) is 0 Å². The fourth-order valence-electron chi connectivity index (χ4n) is 4.40. The van der Waals surface area contributed by atoms with Gasteiger partial charge < -0.3 is 19.5 Å². The number of aliphatic imine (C=N–C) groups is 1. The number of rotatable bonds is 2. The van der Waals surface area contributed by atoms with Gasteiger partial charge in [-0.25, -0.2) is 0 Å². The third-order valence-corrected chi connectivity index (χ3v) is 6.57. The third kappa shape index (κ3) is 3.63. The number of hydrogen-bond donors (Lipinski definition) is 2. The van der Waals surface area contributed by atoms with Crippen LogP contribution in [0.5, 0.6) is 17.2 Å². The molecule has 0 aliphatic carbocycles. The first-order chi connectivity index (χ1) is 14.0. The molecule has 1 atom stereocenters. The highest BCUT2D eigenvalue weighted by Gasteiger charge is 2.40. The summed E-state index contributed by atoms with van der Waals surface area (Å²) in [6, 6.07) is 11.6. The van der Waals surface area contributed by atoms with Gasteiger partial charge in [-0.15, -0.1) is 0 Å².